The number of allylic oxidation sites excluding steroid dienone is 3. The van der Waals surface area contributed by atoms with Crippen molar-refractivity contribution in [3.63, 3.8) is 0 Å². The second-order valence-corrected chi connectivity index (χ2v) is 10.5. The molecule has 138 valence electrons. The van der Waals surface area contributed by atoms with Crippen LogP contribution in [0.15, 0.2) is 24.4 Å². The molecular formula is C22H39NS. The summed E-state index contributed by atoms with van der Waals surface area (Å²) in [6.07, 6.45) is 12.8. The number of hydrogen-bond donors (Lipinski definition) is 1. The first-order valence-corrected chi connectivity index (χ1v) is 11.0. The number of rotatable bonds is 1. The van der Waals surface area contributed by atoms with Crippen molar-refractivity contribution in [1.29, 1.82) is 0 Å². The van der Waals surface area contributed by atoms with Gasteiger partial charge in [-0.05, 0) is 61.7 Å². The van der Waals surface area contributed by atoms with Crippen molar-refractivity contribution >= 4 is 11.8 Å². The molecule has 1 nitrogen and oxygen atoms in total. The molecule has 0 aromatic rings. The van der Waals surface area contributed by atoms with Gasteiger partial charge in [0.25, 0.3) is 0 Å². The zero-order valence-electron chi connectivity index (χ0n) is 16.6. The van der Waals surface area contributed by atoms with Crippen LogP contribution in [-0.4, -0.2) is 17.0 Å². The molecule has 0 aromatic heterocycles. The minimum Gasteiger partial charge on any atom is -0.385 e. The molecule has 0 radical (unpaired) electrons. The van der Waals surface area contributed by atoms with Crippen molar-refractivity contribution in [3.8, 4) is 0 Å². The lowest BCUT2D eigenvalue weighted by Crippen LogP contribution is -2.32. The summed E-state index contributed by atoms with van der Waals surface area (Å²) in [5.41, 5.74) is 1.70. The molecule has 0 bridgehead atoms. The van der Waals surface area contributed by atoms with Crippen molar-refractivity contribution < 1.29 is 0 Å². The number of hydrogen-bond acceptors (Lipinski definition) is 2. The lowest BCUT2D eigenvalue weighted by molar-refractivity contribution is 0.312. The quantitative estimate of drug-likeness (QED) is 0.548. The van der Waals surface area contributed by atoms with Crippen LogP contribution in [0.1, 0.15) is 73.1 Å². The van der Waals surface area contributed by atoms with E-state index < -0.39 is 0 Å². The summed E-state index contributed by atoms with van der Waals surface area (Å²) in [4.78, 5) is 0. The van der Waals surface area contributed by atoms with E-state index in [0.29, 0.717) is 11.5 Å². The molecular weight excluding hydrogens is 310 g/mol. The van der Waals surface area contributed by atoms with Crippen molar-refractivity contribution in [2.24, 2.45) is 23.2 Å². The molecule has 24 heavy (non-hydrogen) atoms. The van der Waals surface area contributed by atoms with Gasteiger partial charge >= 0.3 is 0 Å². The van der Waals surface area contributed by atoms with Crippen LogP contribution in [0.3, 0.4) is 0 Å². The highest BCUT2D eigenvalue weighted by molar-refractivity contribution is 8.00. The third-order valence-electron chi connectivity index (χ3n) is 5.85. The fourth-order valence-electron chi connectivity index (χ4n) is 4.42. The summed E-state index contributed by atoms with van der Waals surface area (Å²) in [6.45, 7) is 15.8. The average Bonchev–Trinajstić information content (AvgIpc) is 2.95. The minimum absolute atomic E-state index is 0.441. The summed E-state index contributed by atoms with van der Waals surface area (Å²) >= 11 is 2.14. The van der Waals surface area contributed by atoms with Gasteiger partial charge in [-0.3, -0.25) is 0 Å². The summed E-state index contributed by atoms with van der Waals surface area (Å²) < 4.78 is 0. The Bertz CT molecular complexity index is 432. The Balaban J connectivity index is 0.000000177. The molecule has 2 heterocycles. The van der Waals surface area contributed by atoms with E-state index in [1.807, 2.05) is 0 Å². The molecule has 1 N–H and O–H groups in total. The molecule has 2 aliphatic heterocycles. The zero-order valence-corrected chi connectivity index (χ0v) is 17.4. The van der Waals surface area contributed by atoms with Gasteiger partial charge in [-0.25, -0.2) is 0 Å². The zero-order chi connectivity index (χ0) is 17.7. The molecule has 4 atom stereocenters. The number of thioether (sulfide) groups is 1. The Morgan fingerprint density at radius 2 is 1.88 bits per heavy atom. The maximum absolute atomic E-state index is 4.03. The van der Waals surface area contributed by atoms with Crippen LogP contribution in [0.25, 0.3) is 0 Å². The first kappa shape index (κ1) is 19.9. The van der Waals surface area contributed by atoms with Crippen molar-refractivity contribution in [3.05, 3.63) is 24.4 Å². The maximum atomic E-state index is 4.03. The van der Waals surface area contributed by atoms with E-state index in [2.05, 4.69) is 70.4 Å². The topological polar surface area (TPSA) is 12.0 Å². The second-order valence-electron chi connectivity index (χ2n) is 9.33. The fourth-order valence-corrected chi connectivity index (χ4v) is 6.19. The maximum Gasteiger partial charge on any atom is 0.0391 e. The fraction of sp³-hybridized carbons (Fsp3) is 0.818. The molecule has 1 aliphatic carbocycles. The van der Waals surface area contributed by atoms with Gasteiger partial charge in [0.2, 0.25) is 0 Å². The van der Waals surface area contributed by atoms with Gasteiger partial charge in [0.15, 0.2) is 0 Å². The largest absolute Gasteiger partial charge is 0.385 e. The van der Waals surface area contributed by atoms with Crippen molar-refractivity contribution in [2.75, 3.05) is 5.75 Å². The number of fused-ring (bicyclic) bond motifs is 1. The minimum atomic E-state index is 0.441. The van der Waals surface area contributed by atoms with Crippen LogP contribution in [-0.2, 0) is 0 Å². The Kier molecular flexibility index (Phi) is 7.34. The van der Waals surface area contributed by atoms with Crippen LogP contribution in [0.5, 0.6) is 0 Å². The van der Waals surface area contributed by atoms with E-state index in [-0.39, 0.29) is 0 Å². The summed E-state index contributed by atoms with van der Waals surface area (Å²) in [5.74, 6) is 3.98. The molecule has 0 aromatic carbocycles. The molecule has 3 rings (SSSR count). The van der Waals surface area contributed by atoms with Crippen LogP contribution >= 0.6 is 11.8 Å². The highest BCUT2D eigenvalue weighted by Crippen LogP contribution is 2.47. The monoisotopic (exact) mass is 349 g/mol. The second kappa shape index (κ2) is 8.83. The smallest absolute Gasteiger partial charge is 0.0391 e. The molecule has 2 heteroatoms. The first-order valence-electron chi connectivity index (χ1n) is 10.00. The van der Waals surface area contributed by atoms with E-state index in [1.54, 1.807) is 0 Å². The van der Waals surface area contributed by atoms with Crippen LogP contribution in [0.4, 0.5) is 0 Å². The Labute approximate surface area is 155 Å². The van der Waals surface area contributed by atoms with Gasteiger partial charge < -0.3 is 5.32 Å². The Morgan fingerprint density at radius 1 is 1.17 bits per heavy atom. The average molecular weight is 350 g/mol. The van der Waals surface area contributed by atoms with E-state index in [4.69, 9.17) is 0 Å². The Hall–Kier alpha value is -0.370. The van der Waals surface area contributed by atoms with Gasteiger partial charge in [-0.2, -0.15) is 11.8 Å². The third-order valence-corrected chi connectivity index (χ3v) is 7.81. The molecule has 0 spiro atoms. The van der Waals surface area contributed by atoms with Crippen molar-refractivity contribution in [1.82, 2.24) is 5.32 Å². The van der Waals surface area contributed by atoms with Gasteiger partial charge in [-0.1, -0.05) is 53.3 Å². The van der Waals surface area contributed by atoms with Crippen LogP contribution in [0, 0.1) is 23.2 Å². The first-order chi connectivity index (χ1) is 11.3. The Morgan fingerprint density at radius 3 is 2.54 bits per heavy atom. The normalized spacial score (nSPS) is 34.7. The van der Waals surface area contributed by atoms with Gasteiger partial charge in [0.05, 0.1) is 0 Å². The van der Waals surface area contributed by atoms with Gasteiger partial charge in [-0.15, -0.1) is 0 Å². The predicted octanol–water partition coefficient (Wildman–Crippen LogP) is 6.42. The van der Waals surface area contributed by atoms with Gasteiger partial charge in [0.1, 0.15) is 0 Å². The van der Waals surface area contributed by atoms with Gasteiger partial charge in [0, 0.05) is 22.7 Å². The lowest BCUT2D eigenvalue weighted by atomic mass is 9.81. The lowest BCUT2D eigenvalue weighted by Gasteiger charge is -2.30. The molecule has 0 saturated carbocycles. The highest BCUT2D eigenvalue weighted by atomic mass is 32.2. The standard InChI is InChI=1S/C11H19NS.C11H20/c1-7-5-8-9(12-7)6-13-10(8)11(2,3)4;1-10(2)11-8-6-4-3-5-7-9-11/h8-10,12H,1,5-6H2,2-4H3;3-4,10-11H,5-9H2,1-2H3/b;4-3+. The molecule has 3 aliphatic rings. The third kappa shape index (κ3) is 5.58. The molecule has 0 amide bonds. The van der Waals surface area contributed by atoms with Crippen LogP contribution < -0.4 is 5.32 Å². The summed E-state index contributed by atoms with van der Waals surface area (Å²) in [6, 6.07) is 0.710. The van der Waals surface area contributed by atoms with Crippen molar-refractivity contribution in [2.45, 2.75) is 84.4 Å². The molecule has 4 unspecified atom stereocenters. The SMILES string of the molecule is C=C1CC2C(CSC2C(C)(C)C)N1.CC(C)C1CC/C=C/CCC1. The number of nitrogens with one attached hydrogen (secondary N) is 1. The summed E-state index contributed by atoms with van der Waals surface area (Å²) in [7, 11) is 0. The molecule has 2 saturated heterocycles. The van der Waals surface area contributed by atoms with E-state index in [0.717, 1.165) is 23.0 Å². The van der Waals surface area contributed by atoms with E-state index in [9.17, 15) is 0 Å². The highest BCUT2D eigenvalue weighted by Gasteiger charge is 2.45. The summed E-state index contributed by atoms with van der Waals surface area (Å²) in [5, 5.41) is 4.31. The predicted molar refractivity (Wildman–Crippen MR) is 110 cm³/mol. The van der Waals surface area contributed by atoms with E-state index >= 15 is 0 Å². The van der Waals surface area contributed by atoms with E-state index in [1.165, 1.54) is 50.0 Å². The molecule has 2 fully saturated rings. The van der Waals surface area contributed by atoms with Crippen LogP contribution in [0.2, 0.25) is 0 Å².